The summed E-state index contributed by atoms with van der Waals surface area (Å²) in [6, 6.07) is 8.54. The largest absolute Gasteiger partial charge is 0.356 e. The van der Waals surface area contributed by atoms with Gasteiger partial charge in [-0.2, -0.15) is 4.37 Å². The predicted molar refractivity (Wildman–Crippen MR) is 141 cm³/mol. The van der Waals surface area contributed by atoms with Crippen molar-refractivity contribution in [1.82, 2.24) is 14.6 Å². The minimum atomic E-state index is -0.0665. The van der Waals surface area contributed by atoms with Crippen molar-refractivity contribution in [2.45, 2.75) is 44.9 Å². The summed E-state index contributed by atoms with van der Waals surface area (Å²) >= 11 is 1.60. The third-order valence-electron chi connectivity index (χ3n) is 9.57. The van der Waals surface area contributed by atoms with E-state index < -0.39 is 0 Å². The minimum absolute atomic E-state index is 0.0398. The number of aromatic nitrogens is 1. The molecule has 3 saturated carbocycles. The van der Waals surface area contributed by atoms with Gasteiger partial charge in [0.25, 0.3) is 0 Å². The van der Waals surface area contributed by atoms with Crippen LogP contribution in [0.4, 0.5) is 5.82 Å². The number of anilines is 1. The number of amides is 1. The Morgan fingerprint density at radius 3 is 2.63 bits per heavy atom. The first-order chi connectivity index (χ1) is 17.2. The lowest BCUT2D eigenvalue weighted by Gasteiger charge is -2.40. The van der Waals surface area contributed by atoms with Gasteiger partial charge in [0.05, 0.1) is 10.6 Å². The molecule has 0 spiro atoms. The zero-order chi connectivity index (χ0) is 23.8. The molecule has 1 N–H and O–H groups in total. The Morgan fingerprint density at radius 1 is 1.03 bits per heavy atom. The number of hydrogen-bond acceptors (Lipinski definition) is 6. The van der Waals surface area contributed by atoms with Gasteiger partial charge in [-0.3, -0.25) is 9.69 Å². The number of hydrogen-bond donors (Lipinski definition) is 1. The molecule has 0 radical (unpaired) electrons. The molecule has 4 fully saturated rings. The lowest BCUT2D eigenvalue weighted by molar-refractivity contribution is -0.131. The molecule has 1 aromatic heterocycles. The number of carbonyl (C=O) groups excluding carboxylic acids is 2. The number of carbonyl (C=O) groups is 2. The van der Waals surface area contributed by atoms with E-state index in [4.69, 9.17) is 4.37 Å². The van der Waals surface area contributed by atoms with Crippen molar-refractivity contribution in [2.24, 2.45) is 35.5 Å². The lowest BCUT2D eigenvalue weighted by atomic mass is 9.77. The third-order valence-corrected chi connectivity index (χ3v) is 10.4. The van der Waals surface area contributed by atoms with E-state index in [2.05, 4.69) is 39.4 Å². The molecule has 6 rings (SSSR count). The fraction of sp³-hybridized carbons (Fsp3) is 0.679. The number of aldehydes is 1. The molecule has 6 atom stereocenters. The van der Waals surface area contributed by atoms with E-state index in [9.17, 15) is 9.59 Å². The molecule has 3 aliphatic carbocycles. The van der Waals surface area contributed by atoms with E-state index in [1.807, 2.05) is 0 Å². The SMILES string of the molecule is O=C[C@@H]1C2CC[C@@H](C2)[C@@H]1C(=O)NC[C@@H]1CCCC[C@H]1CN1CCN(c2nsc3ccccc23)CC1. The average Bonchev–Trinajstić information content (AvgIpc) is 3.63. The van der Waals surface area contributed by atoms with E-state index in [0.717, 1.165) is 70.6 Å². The summed E-state index contributed by atoms with van der Waals surface area (Å²) in [6.45, 7) is 6.13. The van der Waals surface area contributed by atoms with Crippen LogP contribution >= 0.6 is 11.5 Å². The van der Waals surface area contributed by atoms with E-state index >= 15 is 0 Å². The zero-order valence-corrected chi connectivity index (χ0v) is 21.4. The molecule has 188 valence electrons. The highest BCUT2D eigenvalue weighted by Crippen LogP contribution is 2.51. The van der Waals surface area contributed by atoms with Crippen molar-refractivity contribution in [3.05, 3.63) is 24.3 Å². The van der Waals surface area contributed by atoms with Crippen molar-refractivity contribution in [1.29, 1.82) is 0 Å². The highest BCUT2D eigenvalue weighted by Gasteiger charge is 2.50. The fourth-order valence-corrected chi connectivity index (χ4v) is 8.43. The van der Waals surface area contributed by atoms with E-state index in [1.165, 1.54) is 35.8 Å². The zero-order valence-electron chi connectivity index (χ0n) is 20.6. The van der Waals surface area contributed by atoms with E-state index in [1.54, 1.807) is 11.5 Å². The summed E-state index contributed by atoms with van der Waals surface area (Å²) in [7, 11) is 0. The Morgan fingerprint density at radius 2 is 1.80 bits per heavy atom. The quantitative estimate of drug-likeness (QED) is 0.585. The Hall–Kier alpha value is -1.99. The molecule has 1 amide bonds. The van der Waals surface area contributed by atoms with Crippen LogP contribution < -0.4 is 10.2 Å². The van der Waals surface area contributed by atoms with Gasteiger partial charge in [-0.05, 0) is 79.4 Å². The predicted octanol–water partition coefficient (Wildman–Crippen LogP) is 4.20. The van der Waals surface area contributed by atoms with Gasteiger partial charge in [-0.1, -0.05) is 25.0 Å². The Kier molecular flexibility index (Phi) is 6.80. The molecule has 4 aliphatic rings. The van der Waals surface area contributed by atoms with Gasteiger partial charge >= 0.3 is 0 Å². The van der Waals surface area contributed by atoms with Crippen LogP contribution in [0.1, 0.15) is 44.9 Å². The van der Waals surface area contributed by atoms with E-state index in [0.29, 0.717) is 23.7 Å². The van der Waals surface area contributed by atoms with Crippen LogP contribution in [0.5, 0.6) is 0 Å². The van der Waals surface area contributed by atoms with Crippen molar-refractivity contribution in [3.8, 4) is 0 Å². The van der Waals surface area contributed by atoms with Gasteiger partial charge in [0.2, 0.25) is 5.91 Å². The second-order valence-corrected chi connectivity index (χ2v) is 12.2. The number of benzene rings is 1. The van der Waals surface area contributed by atoms with Crippen LogP contribution in [0.15, 0.2) is 24.3 Å². The monoisotopic (exact) mass is 494 g/mol. The Balaban J connectivity index is 1.02. The molecule has 35 heavy (non-hydrogen) atoms. The van der Waals surface area contributed by atoms with Crippen molar-refractivity contribution in [3.63, 3.8) is 0 Å². The van der Waals surface area contributed by atoms with Crippen LogP contribution in [0.25, 0.3) is 10.1 Å². The van der Waals surface area contributed by atoms with Gasteiger partial charge in [0.1, 0.15) is 12.1 Å². The van der Waals surface area contributed by atoms with Gasteiger partial charge in [-0.15, -0.1) is 0 Å². The van der Waals surface area contributed by atoms with Gasteiger partial charge in [0.15, 0.2) is 0 Å². The van der Waals surface area contributed by atoms with Gasteiger partial charge in [-0.25, -0.2) is 0 Å². The maximum Gasteiger partial charge on any atom is 0.224 e. The summed E-state index contributed by atoms with van der Waals surface area (Å²) in [5, 5.41) is 4.60. The molecular weight excluding hydrogens is 456 g/mol. The summed E-state index contributed by atoms with van der Waals surface area (Å²) in [4.78, 5) is 29.8. The van der Waals surface area contributed by atoms with Crippen LogP contribution in [-0.4, -0.2) is 60.7 Å². The second kappa shape index (κ2) is 10.2. The summed E-state index contributed by atoms with van der Waals surface area (Å²) in [6.07, 6.45) is 9.47. The number of fused-ring (bicyclic) bond motifs is 3. The molecule has 6 nitrogen and oxygen atoms in total. The lowest BCUT2D eigenvalue weighted by Crippen LogP contribution is -2.49. The molecule has 1 aromatic carbocycles. The molecule has 1 aliphatic heterocycles. The number of nitrogens with zero attached hydrogens (tertiary/aromatic N) is 3. The summed E-state index contributed by atoms with van der Waals surface area (Å²) in [5.74, 6) is 3.30. The Labute approximate surface area is 212 Å². The molecule has 2 bridgehead atoms. The van der Waals surface area contributed by atoms with Crippen molar-refractivity contribution >= 4 is 39.6 Å². The second-order valence-electron chi connectivity index (χ2n) is 11.4. The fourth-order valence-electron chi connectivity index (χ4n) is 7.64. The van der Waals surface area contributed by atoms with Crippen molar-refractivity contribution in [2.75, 3.05) is 44.2 Å². The van der Waals surface area contributed by atoms with Crippen LogP contribution in [0.2, 0.25) is 0 Å². The molecule has 1 saturated heterocycles. The molecule has 2 heterocycles. The first kappa shape index (κ1) is 23.4. The molecule has 1 unspecified atom stereocenters. The highest BCUT2D eigenvalue weighted by molar-refractivity contribution is 7.13. The van der Waals surface area contributed by atoms with E-state index in [-0.39, 0.29) is 17.7 Å². The smallest absolute Gasteiger partial charge is 0.224 e. The normalized spacial score (nSPS) is 33.3. The average molecular weight is 495 g/mol. The maximum absolute atomic E-state index is 13.1. The number of nitrogens with one attached hydrogen (secondary N) is 1. The number of piperazine rings is 1. The molecule has 2 aromatic rings. The highest BCUT2D eigenvalue weighted by atomic mass is 32.1. The topological polar surface area (TPSA) is 65.5 Å². The minimum Gasteiger partial charge on any atom is -0.356 e. The van der Waals surface area contributed by atoms with Crippen LogP contribution in [0.3, 0.4) is 0 Å². The maximum atomic E-state index is 13.1. The van der Waals surface area contributed by atoms with Gasteiger partial charge < -0.3 is 15.0 Å². The summed E-state index contributed by atoms with van der Waals surface area (Å²) in [5.41, 5.74) is 0. The van der Waals surface area contributed by atoms with Crippen molar-refractivity contribution < 1.29 is 9.59 Å². The first-order valence-electron chi connectivity index (χ1n) is 13.8. The van der Waals surface area contributed by atoms with Gasteiger partial charge in [0, 0.05) is 50.6 Å². The van der Waals surface area contributed by atoms with Crippen LogP contribution in [-0.2, 0) is 9.59 Å². The standard InChI is InChI=1S/C28H38N4O2S/c33-18-24-19-9-10-20(15-19)26(24)28(34)29-16-21-5-1-2-6-22(21)17-31-11-13-32(14-12-31)27-23-7-3-4-8-25(23)35-30-27/h3-4,7-8,18-22,24,26H,1-2,5-6,9-17H2,(H,29,34)/t19?,20-,21-,22-,24+,26-/m0/s1. The Bertz CT molecular complexity index is 1050. The van der Waals surface area contributed by atoms with Crippen LogP contribution in [0, 0.1) is 35.5 Å². The third kappa shape index (κ3) is 4.62. The molecular formula is C28H38N4O2S. The first-order valence-corrected chi connectivity index (χ1v) is 14.5. The number of rotatable bonds is 7. The molecule has 7 heteroatoms. The summed E-state index contributed by atoms with van der Waals surface area (Å²) < 4.78 is 6.02.